The number of nitrogens with zero attached hydrogens (tertiary/aromatic N) is 1. The second-order valence-electron chi connectivity index (χ2n) is 4.25. The zero-order chi connectivity index (χ0) is 13.6. The van der Waals surface area contributed by atoms with Crippen molar-refractivity contribution in [3.05, 3.63) is 24.5 Å². The van der Waals surface area contributed by atoms with Gasteiger partial charge in [0, 0.05) is 32.2 Å². The average molecular weight is 270 g/mol. The van der Waals surface area contributed by atoms with Gasteiger partial charge >= 0.3 is 0 Å². The van der Waals surface area contributed by atoms with Gasteiger partial charge in [-0.2, -0.15) is 0 Å². The van der Waals surface area contributed by atoms with Crippen LogP contribution >= 0.6 is 0 Å². The molecule has 0 aliphatic heterocycles. The highest BCUT2D eigenvalue weighted by atomic mass is 16.5. The minimum Gasteiger partial charge on any atom is -0.379 e. The summed E-state index contributed by atoms with van der Waals surface area (Å²) < 4.78 is 18.3. The predicted octanol–water partition coefficient (Wildman–Crippen LogP) is 1.28. The van der Waals surface area contributed by atoms with Crippen LogP contribution in [0, 0.1) is 0 Å². The summed E-state index contributed by atoms with van der Waals surface area (Å²) in [5, 5.41) is 0. The zero-order valence-electron chi connectivity index (χ0n) is 11.6. The molecule has 0 aliphatic carbocycles. The molecular weight excluding hydrogens is 244 g/mol. The smallest absolute Gasteiger partial charge is 0.0701 e. The Morgan fingerprint density at radius 1 is 0.737 bits per heavy atom. The van der Waals surface area contributed by atoms with Crippen LogP contribution in [-0.4, -0.2) is 50.8 Å². The Balaban J connectivity index is 1.72. The quantitative estimate of drug-likeness (QED) is 0.549. The Hall–Kier alpha value is -0.880. The molecule has 1 aromatic heterocycles. The first-order valence-corrected chi connectivity index (χ1v) is 6.97. The first-order valence-electron chi connectivity index (χ1n) is 6.97. The van der Waals surface area contributed by atoms with Crippen molar-refractivity contribution >= 4 is 0 Å². The number of hydrogen-bond acceptors (Lipinski definition) is 4. The molecule has 1 heterocycles. The highest BCUT2D eigenvalue weighted by molar-refractivity contribution is 4.89. The van der Waals surface area contributed by atoms with Crippen LogP contribution in [0.2, 0.25) is 0 Å². The molecule has 0 aromatic carbocycles. The van der Waals surface area contributed by atoms with Crippen LogP contribution in [0.5, 0.6) is 0 Å². The minimum atomic E-state index is 0.622. The van der Waals surface area contributed by atoms with E-state index in [2.05, 4.69) is 17.0 Å². The normalized spacial score (nSPS) is 11.0. The molecule has 0 spiro atoms. The van der Waals surface area contributed by atoms with Gasteiger partial charge in [0.1, 0.15) is 0 Å². The molecule has 0 bridgehead atoms. The van der Waals surface area contributed by atoms with Gasteiger partial charge < -0.3 is 24.5 Å². The third-order valence-electron chi connectivity index (χ3n) is 2.61. The molecular formula is C14H26N2O3. The van der Waals surface area contributed by atoms with Crippen LogP contribution in [0.4, 0.5) is 0 Å². The van der Waals surface area contributed by atoms with E-state index >= 15 is 0 Å². The average Bonchev–Trinajstić information content (AvgIpc) is 2.93. The Labute approximate surface area is 115 Å². The monoisotopic (exact) mass is 270 g/mol. The van der Waals surface area contributed by atoms with Gasteiger partial charge in [-0.1, -0.05) is 0 Å². The topological polar surface area (TPSA) is 58.6 Å². The maximum absolute atomic E-state index is 5.48. The lowest BCUT2D eigenvalue weighted by molar-refractivity contribution is 0.0136. The van der Waals surface area contributed by atoms with Crippen molar-refractivity contribution in [2.75, 3.05) is 46.2 Å². The summed E-state index contributed by atoms with van der Waals surface area (Å²) in [6.45, 7) is 5.70. The first kappa shape index (κ1) is 16.2. The van der Waals surface area contributed by atoms with Gasteiger partial charge in [-0.25, -0.2) is 0 Å². The molecule has 2 N–H and O–H groups in total. The first-order chi connectivity index (χ1) is 9.43. The van der Waals surface area contributed by atoms with Crippen LogP contribution in [0.15, 0.2) is 24.5 Å². The van der Waals surface area contributed by atoms with Crippen molar-refractivity contribution in [1.29, 1.82) is 0 Å². The number of aryl methyl sites for hydroxylation is 1. The van der Waals surface area contributed by atoms with E-state index in [0.717, 1.165) is 32.6 Å². The number of ether oxygens (including phenoxy) is 3. The zero-order valence-corrected chi connectivity index (χ0v) is 11.6. The minimum absolute atomic E-state index is 0.622. The van der Waals surface area contributed by atoms with E-state index in [-0.39, 0.29) is 0 Å². The molecule has 0 amide bonds. The van der Waals surface area contributed by atoms with Gasteiger partial charge in [0.05, 0.1) is 26.4 Å². The molecule has 1 aromatic rings. The summed E-state index contributed by atoms with van der Waals surface area (Å²) in [4.78, 5) is 0. The van der Waals surface area contributed by atoms with Gasteiger partial charge in [-0.05, 0) is 31.5 Å². The van der Waals surface area contributed by atoms with E-state index in [0.29, 0.717) is 33.0 Å². The second-order valence-corrected chi connectivity index (χ2v) is 4.25. The molecule has 19 heavy (non-hydrogen) atoms. The molecule has 110 valence electrons. The van der Waals surface area contributed by atoms with Gasteiger partial charge in [-0.15, -0.1) is 0 Å². The third-order valence-corrected chi connectivity index (χ3v) is 2.61. The van der Waals surface area contributed by atoms with Crippen LogP contribution in [0.25, 0.3) is 0 Å². The Bertz CT molecular complexity index is 278. The third kappa shape index (κ3) is 9.67. The van der Waals surface area contributed by atoms with Crippen LogP contribution < -0.4 is 5.73 Å². The predicted molar refractivity (Wildman–Crippen MR) is 75.2 cm³/mol. The molecule has 0 atom stereocenters. The van der Waals surface area contributed by atoms with E-state index in [4.69, 9.17) is 19.9 Å². The highest BCUT2D eigenvalue weighted by Crippen LogP contribution is 1.93. The van der Waals surface area contributed by atoms with Crippen molar-refractivity contribution in [2.24, 2.45) is 5.73 Å². The fraction of sp³-hybridized carbons (Fsp3) is 0.714. The lowest BCUT2D eigenvalue weighted by Crippen LogP contribution is -2.12. The van der Waals surface area contributed by atoms with Gasteiger partial charge in [-0.3, -0.25) is 0 Å². The lowest BCUT2D eigenvalue weighted by Gasteiger charge is -2.07. The molecule has 0 saturated heterocycles. The fourth-order valence-corrected chi connectivity index (χ4v) is 1.60. The van der Waals surface area contributed by atoms with Crippen molar-refractivity contribution in [2.45, 2.75) is 19.4 Å². The van der Waals surface area contributed by atoms with E-state index < -0.39 is 0 Å². The van der Waals surface area contributed by atoms with Gasteiger partial charge in [0.15, 0.2) is 0 Å². The highest BCUT2D eigenvalue weighted by Gasteiger charge is 1.93. The molecule has 5 nitrogen and oxygen atoms in total. The number of hydrogen-bond donors (Lipinski definition) is 1. The van der Waals surface area contributed by atoms with E-state index in [1.165, 1.54) is 0 Å². The number of nitrogens with two attached hydrogens (primary N) is 1. The molecule has 0 unspecified atom stereocenters. The van der Waals surface area contributed by atoms with Crippen LogP contribution in [-0.2, 0) is 20.8 Å². The van der Waals surface area contributed by atoms with Crippen molar-refractivity contribution in [3.8, 4) is 0 Å². The summed E-state index contributed by atoms with van der Waals surface area (Å²) in [7, 11) is 0. The molecule has 0 saturated carbocycles. The molecule has 0 fully saturated rings. The van der Waals surface area contributed by atoms with E-state index in [1.807, 2.05) is 12.1 Å². The SMILES string of the molecule is NCCCOCCOCCOCCCn1cccc1. The Kier molecular flexibility index (Phi) is 10.4. The molecule has 1 rings (SSSR count). The standard InChI is InChI=1S/C14H26N2O3/c15-5-3-9-17-11-13-19-14-12-18-10-4-8-16-6-1-2-7-16/h1-2,6-7H,3-5,8-15H2. The maximum atomic E-state index is 5.48. The number of aromatic nitrogens is 1. The number of rotatable bonds is 13. The van der Waals surface area contributed by atoms with E-state index in [9.17, 15) is 0 Å². The van der Waals surface area contributed by atoms with E-state index in [1.54, 1.807) is 0 Å². The summed E-state index contributed by atoms with van der Waals surface area (Å²) >= 11 is 0. The molecule has 0 aliphatic rings. The van der Waals surface area contributed by atoms with Crippen molar-refractivity contribution in [1.82, 2.24) is 4.57 Å². The van der Waals surface area contributed by atoms with Gasteiger partial charge in [0.25, 0.3) is 0 Å². The summed E-state index contributed by atoms with van der Waals surface area (Å²) in [5.74, 6) is 0. The second kappa shape index (κ2) is 12.2. The maximum Gasteiger partial charge on any atom is 0.0701 e. The fourth-order valence-electron chi connectivity index (χ4n) is 1.60. The van der Waals surface area contributed by atoms with Crippen molar-refractivity contribution < 1.29 is 14.2 Å². The lowest BCUT2D eigenvalue weighted by atomic mass is 10.4. The van der Waals surface area contributed by atoms with Crippen molar-refractivity contribution in [3.63, 3.8) is 0 Å². The largest absolute Gasteiger partial charge is 0.379 e. The van der Waals surface area contributed by atoms with Crippen LogP contribution in [0.3, 0.4) is 0 Å². The van der Waals surface area contributed by atoms with Gasteiger partial charge in [0.2, 0.25) is 0 Å². The Morgan fingerprint density at radius 2 is 1.26 bits per heavy atom. The van der Waals surface area contributed by atoms with Crippen LogP contribution in [0.1, 0.15) is 12.8 Å². The molecule has 0 radical (unpaired) electrons. The summed E-state index contributed by atoms with van der Waals surface area (Å²) in [6, 6.07) is 4.06. The summed E-state index contributed by atoms with van der Waals surface area (Å²) in [6.07, 6.45) is 6.06. The Morgan fingerprint density at radius 3 is 1.84 bits per heavy atom. The molecule has 5 heteroatoms. The summed E-state index contributed by atoms with van der Waals surface area (Å²) in [5.41, 5.74) is 5.35.